The van der Waals surface area contributed by atoms with Crippen LogP contribution in [0.2, 0.25) is 0 Å². The van der Waals surface area contributed by atoms with E-state index in [0.29, 0.717) is 5.56 Å². The van der Waals surface area contributed by atoms with Gasteiger partial charge in [0.05, 0.1) is 30.9 Å². The monoisotopic (exact) mass is 260 g/mol. The Hall–Kier alpha value is -2.16. The number of hydrogen-bond acceptors (Lipinski definition) is 4. The summed E-state index contributed by atoms with van der Waals surface area (Å²) in [5.41, 5.74) is 1.39. The quantitative estimate of drug-likeness (QED) is 0.737. The van der Waals surface area contributed by atoms with E-state index in [-0.39, 0.29) is 19.1 Å². The molecule has 1 atom stereocenters. The van der Waals surface area contributed by atoms with Crippen molar-refractivity contribution < 1.29 is 14.6 Å². The molecule has 0 saturated heterocycles. The number of carbonyl (C=O) groups is 1. The summed E-state index contributed by atoms with van der Waals surface area (Å²) < 4.78 is 4.85. The van der Waals surface area contributed by atoms with Crippen molar-refractivity contribution >= 4 is 12.0 Å². The van der Waals surface area contributed by atoms with Crippen molar-refractivity contribution in [1.82, 2.24) is 5.32 Å². The Balaban J connectivity index is 2.55. The van der Waals surface area contributed by atoms with Crippen molar-refractivity contribution in [2.45, 2.75) is 6.04 Å². The molecule has 19 heavy (non-hydrogen) atoms. The summed E-state index contributed by atoms with van der Waals surface area (Å²) in [7, 11) is 1.50. The number of carbonyl (C=O) groups excluding carboxylic acids is 1. The highest BCUT2D eigenvalue weighted by Gasteiger charge is 2.08. The molecule has 0 heterocycles. The number of ether oxygens (including phenoxy) is 1. The normalized spacial score (nSPS) is 12.1. The van der Waals surface area contributed by atoms with Gasteiger partial charge in [0.2, 0.25) is 5.91 Å². The first-order valence-electron chi connectivity index (χ1n) is 5.78. The van der Waals surface area contributed by atoms with Crippen LogP contribution in [0.15, 0.2) is 30.3 Å². The number of rotatable bonds is 6. The Morgan fingerprint density at radius 1 is 1.53 bits per heavy atom. The molecule has 5 nitrogen and oxygen atoms in total. The van der Waals surface area contributed by atoms with E-state index in [1.165, 1.54) is 13.2 Å². The summed E-state index contributed by atoms with van der Waals surface area (Å²) in [6.07, 6.45) is 3.01. The van der Waals surface area contributed by atoms with Crippen molar-refractivity contribution in [2.75, 3.05) is 20.3 Å². The molecule has 100 valence electrons. The summed E-state index contributed by atoms with van der Waals surface area (Å²) >= 11 is 0. The van der Waals surface area contributed by atoms with Crippen LogP contribution in [0.3, 0.4) is 0 Å². The van der Waals surface area contributed by atoms with E-state index in [1.807, 2.05) is 6.07 Å². The zero-order valence-corrected chi connectivity index (χ0v) is 10.7. The van der Waals surface area contributed by atoms with Gasteiger partial charge in [-0.2, -0.15) is 5.26 Å². The van der Waals surface area contributed by atoms with E-state index < -0.39 is 6.04 Å². The van der Waals surface area contributed by atoms with Crippen LogP contribution in [0.1, 0.15) is 11.1 Å². The summed E-state index contributed by atoms with van der Waals surface area (Å²) in [4.78, 5) is 11.6. The third kappa shape index (κ3) is 5.34. The average molecular weight is 260 g/mol. The van der Waals surface area contributed by atoms with E-state index in [1.54, 1.807) is 30.3 Å². The maximum Gasteiger partial charge on any atom is 0.244 e. The molecule has 0 fully saturated rings. The van der Waals surface area contributed by atoms with E-state index in [0.717, 1.165) is 5.56 Å². The Bertz CT molecular complexity index is 474. The number of aliphatic hydroxyl groups excluding tert-OH is 1. The van der Waals surface area contributed by atoms with Crippen LogP contribution in [0.25, 0.3) is 6.08 Å². The standard InChI is InChI=1S/C14H16N2O3/c1-19-10-13(9-17)16-14(18)7-6-11-2-4-12(8-15)5-3-11/h2-7,13,17H,9-10H2,1H3,(H,16,18)/b7-6+. The van der Waals surface area contributed by atoms with Gasteiger partial charge in [0.25, 0.3) is 0 Å². The molecular formula is C14H16N2O3. The molecule has 5 heteroatoms. The molecule has 1 unspecified atom stereocenters. The lowest BCUT2D eigenvalue weighted by molar-refractivity contribution is -0.117. The fourth-order valence-corrected chi connectivity index (χ4v) is 1.43. The van der Waals surface area contributed by atoms with Gasteiger partial charge >= 0.3 is 0 Å². The molecular weight excluding hydrogens is 244 g/mol. The van der Waals surface area contributed by atoms with Gasteiger partial charge in [0.1, 0.15) is 0 Å². The van der Waals surface area contributed by atoms with Crippen LogP contribution >= 0.6 is 0 Å². The van der Waals surface area contributed by atoms with E-state index in [9.17, 15) is 4.79 Å². The molecule has 1 aromatic carbocycles. The maximum absolute atomic E-state index is 11.6. The molecule has 1 amide bonds. The molecule has 1 rings (SSSR count). The van der Waals surface area contributed by atoms with E-state index in [2.05, 4.69) is 5.32 Å². The van der Waals surface area contributed by atoms with Crippen molar-refractivity contribution in [1.29, 1.82) is 5.26 Å². The van der Waals surface area contributed by atoms with Gasteiger partial charge in [-0.25, -0.2) is 0 Å². The number of benzene rings is 1. The van der Waals surface area contributed by atoms with Crippen LogP contribution < -0.4 is 5.32 Å². The van der Waals surface area contributed by atoms with Gasteiger partial charge in [0, 0.05) is 13.2 Å². The zero-order chi connectivity index (χ0) is 14.1. The van der Waals surface area contributed by atoms with Crippen LogP contribution in [0.5, 0.6) is 0 Å². The molecule has 2 N–H and O–H groups in total. The molecule has 0 spiro atoms. The average Bonchev–Trinajstić information content (AvgIpc) is 2.45. The number of nitrogens with zero attached hydrogens (tertiary/aromatic N) is 1. The number of nitriles is 1. The highest BCUT2D eigenvalue weighted by atomic mass is 16.5. The second kappa shape index (κ2) is 8.03. The van der Waals surface area contributed by atoms with Crippen LogP contribution in [-0.2, 0) is 9.53 Å². The number of methoxy groups -OCH3 is 1. The molecule has 0 saturated carbocycles. The Morgan fingerprint density at radius 2 is 2.21 bits per heavy atom. The van der Waals surface area contributed by atoms with E-state index >= 15 is 0 Å². The SMILES string of the molecule is COCC(CO)NC(=O)/C=C/c1ccc(C#N)cc1. The van der Waals surface area contributed by atoms with Gasteiger partial charge in [-0.15, -0.1) is 0 Å². The molecule has 0 aliphatic rings. The minimum atomic E-state index is -0.414. The van der Waals surface area contributed by atoms with Crippen LogP contribution in [-0.4, -0.2) is 37.4 Å². The second-order valence-corrected chi connectivity index (χ2v) is 3.91. The van der Waals surface area contributed by atoms with Crippen LogP contribution in [0.4, 0.5) is 0 Å². The first-order chi connectivity index (χ1) is 9.19. The van der Waals surface area contributed by atoms with Crippen molar-refractivity contribution in [2.24, 2.45) is 0 Å². The Labute approximate surface area is 112 Å². The van der Waals surface area contributed by atoms with Crippen molar-refractivity contribution in [3.05, 3.63) is 41.5 Å². The predicted octanol–water partition coefficient (Wildman–Crippen LogP) is 0.695. The summed E-state index contributed by atoms with van der Waals surface area (Å²) in [6.45, 7) is 0.0806. The first kappa shape index (κ1) is 14.9. The summed E-state index contributed by atoms with van der Waals surface area (Å²) in [5, 5.41) is 20.3. The maximum atomic E-state index is 11.6. The second-order valence-electron chi connectivity index (χ2n) is 3.91. The highest BCUT2D eigenvalue weighted by Crippen LogP contribution is 2.05. The van der Waals surface area contributed by atoms with Gasteiger partial charge in [-0.1, -0.05) is 12.1 Å². The molecule has 0 bridgehead atoms. The lowest BCUT2D eigenvalue weighted by Crippen LogP contribution is -2.39. The highest BCUT2D eigenvalue weighted by molar-refractivity contribution is 5.91. The Morgan fingerprint density at radius 3 is 2.74 bits per heavy atom. The molecule has 0 radical (unpaired) electrons. The smallest absolute Gasteiger partial charge is 0.244 e. The van der Waals surface area contributed by atoms with Gasteiger partial charge in [-0.3, -0.25) is 4.79 Å². The van der Waals surface area contributed by atoms with Gasteiger partial charge in [0.15, 0.2) is 0 Å². The topological polar surface area (TPSA) is 82.3 Å². The summed E-state index contributed by atoms with van der Waals surface area (Å²) in [6, 6.07) is 8.47. The first-order valence-corrected chi connectivity index (χ1v) is 5.78. The number of nitrogens with one attached hydrogen (secondary N) is 1. The largest absolute Gasteiger partial charge is 0.394 e. The van der Waals surface area contributed by atoms with Gasteiger partial charge in [-0.05, 0) is 23.8 Å². The van der Waals surface area contributed by atoms with Crippen molar-refractivity contribution in [3.8, 4) is 6.07 Å². The fourth-order valence-electron chi connectivity index (χ4n) is 1.43. The number of amides is 1. The number of aliphatic hydroxyl groups is 1. The predicted molar refractivity (Wildman–Crippen MR) is 71.1 cm³/mol. The molecule has 1 aromatic rings. The third-order valence-electron chi connectivity index (χ3n) is 2.40. The Kier molecular flexibility index (Phi) is 6.30. The number of hydrogen-bond donors (Lipinski definition) is 2. The van der Waals surface area contributed by atoms with Gasteiger partial charge < -0.3 is 15.2 Å². The van der Waals surface area contributed by atoms with Crippen LogP contribution in [0, 0.1) is 11.3 Å². The minimum Gasteiger partial charge on any atom is -0.394 e. The third-order valence-corrected chi connectivity index (χ3v) is 2.40. The minimum absolute atomic E-state index is 0.176. The summed E-state index contributed by atoms with van der Waals surface area (Å²) in [5.74, 6) is -0.305. The molecule has 0 aromatic heterocycles. The van der Waals surface area contributed by atoms with E-state index in [4.69, 9.17) is 15.1 Å². The lowest BCUT2D eigenvalue weighted by Gasteiger charge is -2.13. The zero-order valence-electron chi connectivity index (χ0n) is 10.7. The molecule has 0 aliphatic carbocycles. The lowest BCUT2D eigenvalue weighted by atomic mass is 10.1. The fraction of sp³-hybridized carbons (Fsp3) is 0.286. The van der Waals surface area contributed by atoms with Crippen molar-refractivity contribution in [3.63, 3.8) is 0 Å². The molecule has 0 aliphatic heterocycles.